The van der Waals surface area contributed by atoms with Crippen LogP contribution in [-0.2, 0) is 6.42 Å². The highest BCUT2D eigenvalue weighted by Crippen LogP contribution is 2.56. The van der Waals surface area contributed by atoms with E-state index >= 15 is 0 Å². The van der Waals surface area contributed by atoms with E-state index in [9.17, 15) is 15.0 Å². The molecule has 0 saturated heterocycles. The van der Waals surface area contributed by atoms with Gasteiger partial charge in [-0.05, 0) is 106 Å². The maximum absolute atomic E-state index is 14.2. The molecule has 0 bridgehead atoms. The second-order valence-electron chi connectivity index (χ2n) is 12.4. The first-order valence-corrected chi connectivity index (χ1v) is 17.2. The molecule has 2 aromatic heterocycles. The highest BCUT2D eigenvalue weighted by molar-refractivity contribution is 7.23. The maximum Gasteiger partial charge on any atom is 0.188 e. The zero-order valence-electron chi connectivity index (χ0n) is 25.9. The van der Waals surface area contributed by atoms with E-state index in [-0.39, 0.29) is 23.1 Å². The van der Waals surface area contributed by atoms with Crippen molar-refractivity contribution in [3.8, 4) is 27.3 Å². The SMILES string of the molecule is CC#Cc1ccc(-c2ccc(C(=O)C3CCC(C(Cc4cc(O)cc(NCC(C)O)c4)NC(N)=NC)CC34CCCC4)s2)s1. The zero-order chi connectivity index (χ0) is 31.3. The van der Waals surface area contributed by atoms with Gasteiger partial charge in [-0.3, -0.25) is 9.79 Å². The van der Waals surface area contributed by atoms with Crippen molar-refractivity contribution in [1.82, 2.24) is 5.32 Å². The second kappa shape index (κ2) is 14.2. The molecular formula is C35H44N4O3S2. The number of carbonyl (C=O) groups excluding carboxylic acids is 1. The van der Waals surface area contributed by atoms with Crippen LogP contribution in [0.4, 0.5) is 5.69 Å². The molecule has 7 nitrogen and oxygen atoms in total. The quantitative estimate of drug-likeness (QED) is 0.0739. The first-order chi connectivity index (χ1) is 21.2. The van der Waals surface area contributed by atoms with Crippen LogP contribution in [0.3, 0.4) is 0 Å². The van der Waals surface area contributed by atoms with Gasteiger partial charge in [0.15, 0.2) is 11.7 Å². The number of aliphatic hydroxyl groups excluding tert-OH is 1. The molecule has 0 radical (unpaired) electrons. The fourth-order valence-corrected chi connectivity index (χ4v) is 9.28. The fraction of sp³-hybridized carbons (Fsp3) is 0.486. The molecule has 4 unspecified atom stereocenters. The number of phenolic OH excluding ortho intramolecular Hbond substituents is 1. The van der Waals surface area contributed by atoms with Crippen molar-refractivity contribution in [1.29, 1.82) is 0 Å². The molecule has 0 amide bonds. The van der Waals surface area contributed by atoms with Crippen LogP contribution in [0.1, 0.15) is 78.9 Å². The number of nitrogens with one attached hydrogen (secondary N) is 2. The lowest BCUT2D eigenvalue weighted by Crippen LogP contribution is -2.50. The van der Waals surface area contributed by atoms with Crippen molar-refractivity contribution >= 4 is 40.1 Å². The van der Waals surface area contributed by atoms with E-state index in [4.69, 9.17) is 5.73 Å². The average molecular weight is 633 g/mol. The van der Waals surface area contributed by atoms with Gasteiger partial charge in [0.05, 0.1) is 15.9 Å². The number of aromatic hydroxyl groups is 1. The standard InChI is InChI=1S/C35H44N4O3S2/c1-4-7-27-9-11-30(43-27)31-12-13-32(44-31)33(42)28-10-8-24(20-35(28)14-5-6-15-35)29(39-34(36)37-3)18-23-16-25(19-26(41)17-23)38-21-22(2)40/h9,11-13,16-17,19,22,24,28-29,38,40-41H,5-6,8,10,14-15,18,20-21H2,1-3H3,(H3,36,37,39). The number of Topliss-reactive ketones (excluding diaryl/α,β-unsaturated/α-hetero) is 1. The number of hydrogen-bond donors (Lipinski definition) is 5. The van der Waals surface area contributed by atoms with Crippen LogP contribution in [0.15, 0.2) is 47.5 Å². The number of phenols is 1. The summed E-state index contributed by atoms with van der Waals surface area (Å²) in [6.45, 7) is 3.97. The molecule has 1 aromatic carbocycles. The summed E-state index contributed by atoms with van der Waals surface area (Å²) in [5, 5.41) is 26.9. The predicted molar refractivity (Wildman–Crippen MR) is 183 cm³/mol. The molecule has 2 fully saturated rings. The monoisotopic (exact) mass is 632 g/mol. The lowest BCUT2D eigenvalue weighted by Gasteiger charge is -2.46. The van der Waals surface area contributed by atoms with Crippen LogP contribution < -0.4 is 16.4 Å². The van der Waals surface area contributed by atoms with Crippen LogP contribution in [0.25, 0.3) is 9.75 Å². The van der Waals surface area contributed by atoms with E-state index in [1.165, 1.54) is 0 Å². The van der Waals surface area contributed by atoms with Crippen LogP contribution in [-0.4, -0.2) is 47.7 Å². The lowest BCUT2D eigenvalue weighted by molar-refractivity contribution is 0.0411. The molecule has 4 atom stereocenters. The number of benzene rings is 1. The molecular weight excluding hydrogens is 589 g/mol. The minimum absolute atomic E-state index is 0.00577. The third-order valence-corrected chi connectivity index (χ3v) is 11.6. The summed E-state index contributed by atoms with van der Waals surface area (Å²) in [6, 6.07) is 13.8. The van der Waals surface area contributed by atoms with Crippen molar-refractivity contribution < 1.29 is 15.0 Å². The Hall–Kier alpha value is -3.32. The fourth-order valence-electron chi connectivity index (χ4n) is 7.28. The Morgan fingerprint density at radius 1 is 1.14 bits per heavy atom. The highest BCUT2D eigenvalue weighted by atomic mass is 32.1. The van der Waals surface area contributed by atoms with Crippen LogP contribution in [0.2, 0.25) is 0 Å². The number of aliphatic hydroxyl groups is 1. The molecule has 234 valence electrons. The molecule has 6 N–H and O–H groups in total. The summed E-state index contributed by atoms with van der Waals surface area (Å²) in [6.07, 6.45) is 7.36. The number of thiophene rings is 2. The van der Waals surface area contributed by atoms with Crippen molar-refractivity contribution in [3.63, 3.8) is 0 Å². The van der Waals surface area contributed by atoms with Gasteiger partial charge in [-0.25, -0.2) is 0 Å². The van der Waals surface area contributed by atoms with E-state index in [1.807, 2.05) is 19.1 Å². The number of rotatable bonds is 10. The Morgan fingerprint density at radius 2 is 1.89 bits per heavy atom. The minimum atomic E-state index is -0.499. The Morgan fingerprint density at radius 3 is 2.61 bits per heavy atom. The van der Waals surface area contributed by atoms with Gasteiger partial charge in [-0.15, -0.1) is 28.6 Å². The van der Waals surface area contributed by atoms with Crippen molar-refractivity contribution in [2.24, 2.45) is 28.0 Å². The van der Waals surface area contributed by atoms with Crippen LogP contribution >= 0.6 is 22.7 Å². The van der Waals surface area contributed by atoms with Gasteiger partial charge in [0, 0.05) is 47.1 Å². The van der Waals surface area contributed by atoms with E-state index in [1.54, 1.807) is 48.8 Å². The number of anilines is 1. The summed E-state index contributed by atoms with van der Waals surface area (Å²) >= 11 is 3.29. The second-order valence-corrected chi connectivity index (χ2v) is 14.6. The van der Waals surface area contributed by atoms with Crippen molar-refractivity contribution in [2.45, 2.75) is 77.4 Å². The third-order valence-electron chi connectivity index (χ3n) is 9.27. The van der Waals surface area contributed by atoms with Gasteiger partial charge in [0.1, 0.15) is 5.75 Å². The number of guanidine groups is 1. The summed E-state index contributed by atoms with van der Waals surface area (Å²) in [5.74, 6) is 7.30. The Bertz CT molecular complexity index is 1540. The minimum Gasteiger partial charge on any atom is -0.508 e. The normalized spacial score (nSPS) is 21.0. The summed E-state index contributed by atoms with van der Waals surface area (Å²) in [4.78, 5) is 22.6. The van der Waals surface area contributed by atoms with Gasteiger partial charge in [-0.1, -0.05) is 18.8 Å². The van der Waals surface area contributed by atoms with Crippen LogP contribution in [0, 0.1) is 29.1 Å². The zero-order valence-corrected chi connectivity index (χ0v) is 27.5. The molecule has 3 aromatic rings. The molecule has 44 heavy (non-hydrogen) atoms. The summed E-state index contributed by atoms with van der Waals surface area (Å²) < 4.78 is 0. The molecule has 0 aliphatic heterocycles. The molecule has 1 spiro atoms. The smallest absolute Gasteiger partial charge is 0.188 e. The van der Waals surface area contributed by atoms with Gasteiger partial charge < -0.3 is 26.6 Å². The molecule has 2 saturated carbocycles. The van der Waals surface area contributed by atoms with Gasteiger partial charge in [-0.2, -0.15) is 0 Å². The van der Waals surface area contributed by atoms with E-state index < -0.39 is 6.10 Å². The largest absolute Gasteiger partial charge is 0.508 e. The molecule has 9 heteroatoms. The lowest BCUT2D eigenvalue weighted by atomic mass is 9.59. The Kier molecular flexibility index (Phi) is 10.3. The van der Waals surface area contributed by atoms with Crippen molar-refractivity contribution in [3.05, 3.63) is 57.8 Å². The molecule has 2 heterocycles. The van der Waals surface area contributed by atoms with Crippen molar-refractivity contribution in [2.75, 3.05) is 18.9 Å². The van der Waals surface area contributed by atoms with Gasteiger partial charge in [0.2, 0.25) is 0 Å². The predicted octanol–water partition coefficient (Wildman–Crippen LogP) is 6.65. The number of nitrogens with two attached hydrogens (primary N) is 1. The number of ketones is 1. The Balaban J connectivity index is 1.36. The summed E-state index contributed by atoms with van der Waals surface area (Å²) in [7, 11) is 1.68. The Labute approximate surface area is 269 Å². The maximum atomic E-state index is 14.2. The molecule has 2 aliphatic rings. The van der Waals surface area contributed by atoms with E-state index in [0.717, 1.165) is 75.7 Å². The molecule has 5 rings (SSSR count). The van der Waals surface area contributed by atoms with Crippen LogP contribution in [0.5, 0.6) is 5.75 Å². The number of carbonyl (C=O) groups is 1. The number of nitrogens with zero attached hydrogens (tertiary/aromatic N) is 1. The topological polar surface area (TPSA) is 120 Å². The first kappa shape index (κ1) is 32.1. The van der Waals surface area contributed by atoms with Gasteiger partial charge in [0.25, 0.3) is 0 Å². The van der Waals surface area contributed by atoms with E-state index in [2.05, 4.69) is 45.7 Å². The van der Waals surface area contributed by atoms with Gasteiger partial charge >= 0.3 is 0 Å². The number of hydrogen-bond acceptors (Lipinski definition) is 7. The molecule has 2 aliphatic carbocycles. The third kappa shape index (κ3) is 7.48. The first-order valence-electron chi connectivity index (χ1n) is 15.6. The highest BCUT2D eigenvalue weighted by Gasteiger charge is 2.50. The number of aliphatic imine (C=N–C) groups is 1. The van der Waals surface area contributed by atoms with E-state index in [0.29, 0.717) is 30.6 Å². The summed E-state index contributed by atoms with van der Waals surface area (Å²) in [5.41, 5.74) is 7.96. The average Bonchev–Trinajstić information content (AvgIpc) is 3.77.